The van der Waals surface area contributed by atoms with Crippen LogP contribution in [-0.4, -0.2) is 4.92 Å². The van der Waals surface area contributed by atoms with Crippen molar-refractivity contribution in [2.24, 2.45) is 0 Å². The highest BCUT2D eigenvalue weighted by Crippen LogP contribution is 2.01. The molecule has 0 atom stereocenters. The minimum absolute atomic E-state index is 0.521. The molecule has 0 amide bonds. The first-order valence-corrected chi connectivity index (χ1v) is 2.63. The molecule has 0 spiro atoms. The Labute approximate surface area is 56.9 Å². The van der Waals surface area contributed by atoms with Gasteiger partial charge in [-0.3, -0.25) is 10.1 Å². The van der Waals surface area contributed by atoms with Gasteiger partial charge in [0.15, 0.2) is 0 Å². The Morgan fingerprint density at radius 1 is 1.70 bits per heavy atom. The van der Waals surface area contributed by atoms with E-state index in [1.165, 1.54) is 18.6 Å². The molecule has 4 nitrogen and oxygen atoms in total. The van der Waals surface area contributed by atoms with E-state index in [0.717, 1.165) is 6.20 Å². The Balaban J connectivity index is 2.64. The summed E-state index contributed by atoms with van der Waals surface area (Å²) < 4.78 is 4.67. The second-order valence-corrected chi connectivity index (χ2v) is 1.66. The highest BCUT2D eigenvalue weighted by Gasteiger charge is 1.89. The molecule has 0 N–H and O–H groups in total. The molecule has 0 aromatic carbocycles. The van der Waals surface area contributed by atoms with Crippen LogP contribution in [0.3, 0.4) is 0 Å². The van der Waals surface area contributed by atoms with E-state index in [1.54, 1.807) is 6.07 Å². The van der Waals surface area contributed by atoms with Gasteiger partial charge in [-0.2, -0.15) is 0 Å². The van der Waals surface area contributed by atoms with Crippen molar-refractivity contribution in [2.75, 3.05) is 0 Å². The minimum Gasteiger partial charge on any atom is -0.472 e. The molecule has 52 valence electrons. The van der Waals surface area contributed by atoms with Crippen LogP contribution >= 0.6 is 0 Å². The lowest BCUT2D eigenvalue weighted by molar-refractivity contribution is -0.400. The van der Waals surface area contributed by atoms with Gasteiger partial charge < -0.3 is 4.42 Å². The predicted molar refractivity (Wildman–Crippen MR) is 34.7 cm³/mol. The Bertz CT molecular complexity index is 238. The molecular formula is C6H5NO3. The zero-order valence-corrected chi connectivity index (χ0v) is 5.06. The van der Waals surface area contributed by atoms with Crippen LogP contribution in [0.25, 0.3) is 6.08 Å². The van der Waals surface area contributed by atoms with E-state index >= 15 is 0 Å². The number of furan rings is 1. The summed E-state index contributed by atoms with van der Waals surface area (Å²) in [5.41, 5.74) is 0.691. The molecule has 0 aliphatic heterocycles. The van der Waals surface area contributed by atoms with Gasteiger partial charge >= 0.3 is 0 Å². The summed E-state index contributed by atoms with van der Waals surface area (Å²) in [7, 11) is 0. The number of hydrogen-bond donors (Lipinski definition) is 0. The fourth-order valence-corrected chi connectivity index (χ4v) is 0.517. The molecule has 10 heavy (non-hydrogen) atoms. The number of hydrogen-bond acceptors (Lipinski definition) is 3. The Morgan fingerprint density at radius 2 is 2.50 bits per heavy atom. The third kappa shape index (κ3) is 1.74. The van der Waals surface area contributed by atoms with Crippen LogP contribution in [0, 0.1) is 10.1 Å². The summed E-state index contributed by atoms with van der Waals surface area (Å²) in [4.78, 5) is 9.26. The Hall–Kier alpha value is -1.58. The molecule has 0 fully saturated rings. The first-order valence-electron chi connectivity index (χ1n) is 2.63. The monoisotopic (exact) mass is 139 g/mol. The molecule has 0 radical (unpaired) electrons. The van der Waals surface area contributed by atoms with Crippen molar-refractivity contribution in [3.05, 3.63) is 40.5 Å². The molecule has 0 unspecified atom stereocenters. The largest absolute Gasteiger partial charge is 0.472 e. The number of nitrogens with zero attached hydrogens (tertiary/aromatic N) is 1. The highest BCUT2D eigenvalue weighted by molar-refractivity contribution is 5.45. The molecule has 0 bridgehead atoms. The second-order valence-electron chi connectivity index (χ2n) is 1.66. The second kappa shape index (κ2) is 2.82. The molecule has 1 aromatic rings. The lowest BCUT2D eigenvalue weighted by Crippen LogP contribution is -1.80. The van der Waals surface area contributed by atoms with Gasteiger partial charge in [-0.15, -0.1) is 0 Å². The summed E-state index contributed by atoms with van der Waals surface area (Å²) >= 11 is 0. The lowest BCUT2D eigenvalue weighted by Gasteiger charge is -1.76. The summed E-state index contributed by atoms with van der Waals surface area (Å²) in [6.07, 6.45) is 5.12. The van der Waals surface area contributed by atoms with E-state index in [0.29, 0.717) is 5.56 Å². The average molecular weight is 139 g/mol. The van der Waals surface area contributed by atoms with Crippen molar-refractivity contribution in [1.82, 2.24) is 0 Å². The first-order chi connectivity index (χ1) is 4.79. The third-order valence-electron chi connectivity index (χ3n) is 0.932. The van der Waals surface area contributed by atoms with E-state index in [1.807, 2.05) is 0 Å². The highest BCUT2D eigenvalue weighted by atomic mass is 16.6. The quantitative estimate of drug-likeness (QED) is 0.461. The predicted octanol–water partition coefficient (Wildman–Crippen LogP) is 1.53. The van der Waals surface area contributed by atoms with Crippen molar-refractivity contribution in [3.8, 4) is 0 Å². The van der Waals surface area contributed by atoms with E-state index < -0.39 is 4.92 Å². The van der Waals surface area contributed by atoms with Gasteiger partial charge in [0, 0.05) is 11.6 Å². The maximum atomic E-state index is 9.78. The smallest absolute Gasteiger partial charge is 0.235 e. The molecule has 0 aliphatic rings. The van der Waals surface area contributed by atoms with E-state index in [4.69, 9.17) is 0 Å². The third-order valence-corrected chi connectivity index (χ3v) is 0.932. The fraction of sp³-hybridized carbons (Fsp3) is 0. The molecule has 0 saturated heterocycles. The van der Waals surface area contributed by atoms with Crippen LogP contribution in [0.15, 0.2) is 29.2 Å². The van der Waals surface area contributed by atoms with Crippen LogP contribution in [0.4, 0.5) is 0 Å². The van der Waals surface area contributed by atoms with Gasteiger partial charge in [-0.1, -0.05) is 0 Å². The summed E-state index contributed by atoms with van der Waals surface area (Å²) in [6.45, 7) is 0. The first kappa shape index (κ1) is 6.54. The van der Waals surface area contributed by atoms with Crippen molar-refractivity contribution >= 4 is 6.08 Å². The maximum absolute atomic E-state index is 9.78. The SMILES string of the molecule is O=[N+]([O-])/C=C\c1ccoc1. The van der Waals surface area contributed by atoms with E-state index in [2.05, 4.69) is 4.42 Å². The van der Waals surface area contributed by atoms with E-state index in [-0.39, 0.29) is 0 Å². The fourth-order valence-electron chi connectivity index (χ4n) is 0.517. The van der Waals surface area contributed by atoms with Gasteiger partial charge in [0.1, 0.15) is 0 Å². The molecule has 1 rings (SSSR count). The molecule has 0 saturated carbocycles. The summed E-state index contributed by atoms with van der Waals surface area (Å²) in [5.74, 6) is 0. The molecule has 1 aromatic heterocycles. The topological polar surface area (TPSA) is 56.3 Å². The molecule has 0 aliphatic carbocycles. The zero-order valence-electron chi connectivity index (χ0n) is 5.06. The molecule has 1 heterocycles. The van der Waals surface area contributed by atoms with Crippen LogP contribution < -0.4 is 0 Å². The number of nitro groups is 1. The van der Waals surface area contributed by atoms with Gasteiger partial charge in [-0.05, 0) is 6.07 Å². The van der Waals surface area contributed by atoms with Crippen molar-refractivity contribution in [2.45, 2.75) is 0 Å². The summed E-state index contributed by atoms with van der Waals surface area (Å²) in [6, 6.07) is 1.64. The van der Waals surface area contributed by atoms with Crippen molar-refractivity contribution in [3.63, 3.8) is 0 Å². The molecular weight excluding hydrogens is 134 g/mol. The van der Waals surface area contributed by atoms with Crippen molar-refractivity contribution in [1.29, 1.82) is 0 Å². The zero-order chi connectivity index (χ0) is 7.40. The van der Waals surface area contributed by atoms with E-state index in [9.17, 15) is 10.1 Å². The van der Waals surface area contributed by atoms with Gasteiger partial charge in [0.2, 0.25) is 6.20 Å². The average Bonchev–Trinajstić information content (AvgIpc) is 2.34. The normalized spacial score (nSPS) is 10.4. The lowest BCUT2D eigenvalue weighted by atomic mass is 10.3. The van der Waals surface area contributed by atoms with Crippen LogP contribution in [0.1, 0.15) is 5.56 Å². The Kier molecular flexibility index (Phi) is 1.84. The van der Waals surface area contributed by atoms with Gasteiger partial charge in [0.05, 0.1) is 17.4 Å². The number of rotatable bonds is 2. The van der Waals surface area contributed by atoms with Gasteiger partial charge in [0.25, 0.3) is 0 Å². The van der Waals surface area contributed by atoms with Gasteiger partial charge in [-0.25, -0.2) is 0 Å². The Morgan fingerprint density at radius 3 is 3.00 bits per heavy atom. The maximum Gasteiger partial charge on any atom is 0.235 e. The van der Waals surface area contributed by atoms with Crippen molar-refractivity contribution < 1.29 is 9.34 Å². The van der Waals surface area contributed by atoms with Crippen LogP contribution in [0.5, 0.6) is 0 Å². The van der Waals surface area contributed by atoms with Crippen LogP contribution in [0.2, 0.25) is 0 Å². The standard InChI is InChI=1S/C6H5NO3/c8-7(9)3-1-6-2-4-10-5-6/h1-5H/b3-1-. The molecule has 4 heteroatoms. The minimum atomic E-state index is -0.521. The van der Waals surface area contributed by atoms with Crippen LogP contribution in [-0.2, 0) is 0 Å². The summed E-state index contributed by atoms with van der Waals surface area (Å²) in [5, 5.41) is 9.78.